The molecule has 72 valence electrons. The normalized spacial score (nSPS) is 10.8. The van der Waals surface area contributed by atoms with Crippen LogP contribution in [0.5, 0.6) is 5.75 Å². The van der Waals surface area contributed by atoms with Crippen molar-refractivity contribution in [2.24, 2.45) is 0 Å². The molecule has 0 bridgehead atoms. The zero-order chi connectivity index (χ0) is 10.3. The predicted molar refractivity (Wildman–Crippen MR) is 58.4 cm³/mol. The van der Waals surface area contributed by atoms with Gasteiger partial charge in [0, 0.05) is 11.6 Å². The Morgan fingerprint density at radius 1 is 1.07 bits per heavy atom. The summed E-state index contributed by atoms with van der Waals surface area (Å²) in [7, 11) is 0. The van der Waals surface area contributed by atoms with Gasteiger partial charge in [0.1, 0.15) is 5.02 Å². The van der Waals surface area contributed by atoms with Gasteiger partial charge in [0.15, 0.2) is 5.75 Å². The molecule has 2 rings (SSSR count). The highest BCUT2D eigenvalue weighted by molar-refractivity contribution is 6.49. The van der Waals surface area contributed by atoms with Crippen LogP contribution in [0, 0.1) is 0 Å². The summed E-state index contributed by atoms with van der Waals surface area (Å²) < 4.78 is 0. The SMILES string of the molecule is Oc1c(Cl)c(Cl)c2ncccc2c1Cl. The number of hydrogen-bond donors (Lipinski definition) is 1. The van der Waals surface area contributed by atoms with Crippen LogP contribution in [-0.4, -0.2) is 10.1 Å². The summed E-state index contributed by atoms with van der Waals surface area (Å²) in [5.41, 5.74) is 0.488. The van der Waals surface area contributed by atoms with Crippen LogP contribution in [0.25, 0.3) is 10.9 Å². The van der Waals surface area contributed by atoms with E-state index in [4.69, 9.17) is 34.8 Å². The quantitative estimate of drug-likeness (QED) is 0.717. The van der Waals surface area contributed by atoms with Gasteiger partial charge in [-0.25, -0.2) is 0 Å². The summed E-state index contributed by atoms with van der Waals surface area (Å²) in [6.07, 6.45) is 1.58. The Bertz CT molecular complexity index is 466. The lowest BCUT2D eigenvalue weighted by Gasteiger charge is -2.06. The molecule has 0 aliphatic heterocycles. The number of benzene rings is 1. The monoisotopic (exact) mass is 247 g/mol. The van der Waals surface area contributed by atoms with Gasteiger partial charge in [0.2, 0.25) is 0 Å². The minimum atomic E-state index is -0.209. The van der Waals surface area contributed by atoms with E-state index in [0.29, 0.717) is 10.9 Å². The first-order chi connectivity index (χ1) is 6.63. The van der Waals surface area contributed by atoms with Gasteiger partial charge in [-0.3, -0.25) is 4.98 Å². The third kappa shape index (κ3) is 1.31. The highest BCUT2D eigenvalue weighted by atomic mass is 35.5. The van der Waals surface area contributed by atoms with Crippen molar-refractivity contribution in [1.29, 1.82) is 0 Å². The number of aromatic nitrogens is 1. The fraction of sp³-hybridized carbons (Fsp3) is 0. The molecule has 0 radical (unpaired) electrons. The molecule has 0 atom stereocenters. The average Bonchev–Trinajstić information content (AvgIpc) is 2.23. The fourth-order valence-electron chi connectivity index (χ4n) is 1.19. The summed E-state index contributed by atoms with van der Waals surface area (Å²) >= 11 is 17.5. The number of phenolic OH excluding ortho intramolecular Hbond substituents is 1. The Balaban J connectivity index is 3.02. The second kappa shape index (κ2) is 3.46. The van der Waals surface area contributed by atoms with Gasteiger partial charge in [0.25, 0.3) is 0 Å². The summed E-state index contributed by atoms with van der Waals surface area (Å²) in [5.74, 6) is -0.209. The Morgan fingerprint density at radius 3 is 2.50 bits per heavy atom. The number of hydrogen-bond acceptors (Lipinski definition) is 2. The molecule has 0 fully saturated rings. The van der Waals surface area contributed by atoms with Crippen LogP contribution >= 0.6 is 34.8 Å². The topological polar surface area (TPSA) is 33.1 Å². The van der Waals surface area contributed by atoms with Crippen LogP contribution < -0.4 is 0 Å². The van der Waals surface area contributed by atoms with Gasteiger partial charge in [-0.1, -0.05) is 34.8 Å². The summed E-state index contributed by atoms with van der Waals surface area (Å²) in [5, 5.41) is 10.5. The van der Waals surface area contributed by atoms with Crippen molar-refractivity contribution in [3.63, 3.8) is 0 Å². The summed E-state index contributed by atoms with van der Waals surface area (Å²) in [6.45, 7) is 0. The van der Waals surface area contributed by atoms with Gasteiger partial charge in [0.05, 0.1) is 15.6 Å². The maximum absolute atomic E-state index is 9.51. The lowest BCUT2D eigenvalue weighted by molar-refractivity contribution is 0.476. The first-order valence-electron chi connectivity index (χ1n) is 3.73. The highest BCUT2D eigenvalue weighted by Gasteiger charge is 2.15. The third-order valence-corrected chi connectivity index (χ3v) is 3.08. The van der Waals surface area contributed by atoms with E-state index < -0.39 is 0 Å². The lowest BCUT2D eigenvalue weighted by atomic mass is 10.2. The van der Waals surface area contributed by atoms with E-state index in [0.717, 1.165) is 0 Å². The smallest absolute Gasteiger partial charge is 0.155 e. The third-order valence-electron chi connectivity index (χ3n) is 1.86. The second-order valence-electron chi connectivity index (χ2n) is 2.69. The van der Waals surface area contributed by atoms with E-state index in [1.807, 2.05) is 0 Å². The molecule has 0 saturated heterocycles. The molecule has 1 heterocycles. The molecular weight excluding hydrogens is 244 g/mol. The van der Waals surface area contributed by atoms with E-state index in [-0.39, 0.29) is 20.8 Å². The fourth-order valence-corrected chi connectivity index (χ4v) is 1.91. The molecule has 14 heavy (non-hydrogen) atoms. The molecule has 2 nitrogen and oxygen atoms in total. The zero-order valence-corrected chi connectivity index (χ0v) is 9.03. The largest absolute Gasteiger partial charge is 0.505 e. The minimum absolute atomic E-state index is 0.0304. The van der Waals surface area contributed by atoms with E-state index in [2.05, 4.69) is 4.98 Å². The first-order valence-corrected chi connectivity index (χ1v) is 4.86. The van der Waals surface area contributed by atoms with E-state index in [1.54, 1.807) is 18.3 Å². The number of phenols is 1. The Kier molecular flexibility index (Phi) is 2.43. The van der Waals surface area contributed by atoms with Crippen molar-refractivity contribution in [3.8, 4) is 5.75 Å². The van der Waals surface area contributed by atoms with Crippen molar-refractivity contribution in [3.05, 3.63) is 33.4 Å². The van der Waals surface area contributed by atoms with Crippen LogP contribution in [0.2, 0.25) is 15.1 Å². The number of halogens is 3. The van der Waals surface area contributed by atoms with Crippen LogP contribution in [0.15, 0.2) is 18.3 Å². The van der Waals surface area contributed by atoms with Crippen LogP contribution in [0.3, 0.4) is 0 Å². The van der Waals surface area contributed by atoms with Gasteiger partial charge in [-0.05, 0) is 12.1 Å². The molecule has 0 aliphatic rings. The maximum atomic E-state index is 9.51. The number of rotatable bonds is 0. The van der Waals surface area contributed by atoms with Gasteiger partial charge in [-0.2, -0.15) is 0 Å². The van der Waals surface area contributed by atoms with E-state index in [9.17, 15) is 5.11 Å². The van der Waals surface area contributed by atoms with Gasteiger partial charge in [-0.15, -0.1) is 0 Å². The number of aromatic hydroxyl groups is 1. The molecular formula is C9H4Cl3NO. The summed E-state index contributed by atoms with van der Waals surface area (Å²) in [6, 6.07) is 3.42. The molecule has 1 aromatic heterocycles. The molecule has 2 aromatic rings. The Hall–Kier alpha value is -0.700. The second-order valence-corrected chi connectivity index (χ2v) is 3.82. The molecule has 0 aliphatic carbocycles. The molecule has 0 spiro atoms. The highest BCUT2D eigenvalue weighted by Crippen LogP contribution is 2.43. The van der Waals surface area contributed by atoms with Crippen LogP contribution in [-0.2, 0) is 0 Å². The maximum Gasteiger partial charge on any atom is 0.155 e. The zero-order valence-electron chi connectivity index (χ0n) is 6.76. The van der Waals surface area contributed by atoms with Gasteiger partial charge >= 0.3 is 0 Å². The van der Waals surface area contributed by atoms with Gasteiger partial charge < -0.3 is 5.11 Å². The number of pyridine rings is 1. The van der Waals surface area contributed by atoms with Crippen molar-refractivity contribution in [2.75, 3.05) is 0 Å². The molecule has 1 N–H and O–H groups in total. The Labute approximate surface area is 95.0 Å². The lowest BCUT2D eigenvalue weighted by Crippen LogP contribution is -1.83. The van der Waals surface area contributed by atoms with E-state index in [1.165, 1.54) is 0 Å². The molecule has 0 unspecified atom stereocenters. The summed E-state index contributed by atoms with van der Waals surface area (Å²) in [4.78, 5) is 4.03. The van der Waals surface area contributed by atoms with Crippen molar-refractivity contribution in [1.82, 2.24) is 4.98 Å². The molecule has 5 heteroatoms. The minimum Gasteiger partial charge on any atom is -0.505 e. The predicted octanol–water partition coefficient (Wildman–Crippen LogP) is 3.90. The standard InChI is InChI=1S/C9H4Cl3NO/c10-5-4-2-1-3-13-8(4)6(11)7(12)9(5)14/h1-3,14H. The van der Waals surface area contributed by atoms with Crippen molar-refractivity contribution >= 4 is 45.7 Å². The number of nitrogens with zero attached hydrogens (tertiary/aromatic N) is 1. The Morgan fingerprint density at radius 2 is 1.79 bits per heavy atom. The van der Waals surface area contributed by atoms with E-state index >= 15 is 0 Å². The molecule has 0 amide bonds. The molecule has 1 aromatic carbocycles. The number of fused-ring (bicyclic) bond motifs is 1. The van der Waals surface area contributed by atoms with Crippen LogP contribution in [0.4, 0.5) is 0 Å². The van der Waals surface area contributed by atoms with Crippen LogP contribution in [0.1, 0.15) is 0 Å². The molecule has 0 saturated carbocycles. The van der Waals surface area contributed by atoms with Crippen molar-refractivity contribution in [2.45, 2.75) is 0 Å². The first kappa shape index (κ1) is 9.84. The van der Waals surface area contributed by atoms with Crippen molar-refractivity contribution < 1.29 is 5.11 Å². The average molecular weight is 248 g/mol.